The Hall–Kier alpha value is -0.160. The van der Waals surface area contributed by atoms with Crippen LogP contribution in [-0.4, -0.2) is 57.1 Å². The van der Waals surface area contributed by atoms with E-state index in [9.17, 15) is 0 Å². The molecule has 2 bridgehead atoms. The Balaban J connectivity index is 1.84. The number of rotatable bonds is 5. The summed E-state index contributed by atoms with van der Waals surface area (Å²) in [7, 11) is 3.40. The van der Waals surface area contributed by atoms with Gasteiger partial charge in [0.2, 0.25) is 0 Å². The van der Waals surface area contributed by atoms with Crippen LogP contribution in [0.15, 0.2) is 0 Å². The van der Waals surface area contributed by atoms with Crippen LogP contribution in [0, 0.1) is 5.92 Å². The van der Waals surface area contributed by atoms with Crippen molar-refractivity contribution in [1.29, 1.82) is 0 Å². The fourth-order valence-electron chi connectivity index (χ4n) is 3.09. The predicted octanol–water partition coefficient (Wildman–Crippen LogP) is 0.678. The smallest absolute Gasteiger partial charge is 0.171 e. The fraction of sp³-hybridized carbons (Fsp3) is 1.00. The lowest BCUT2D eigenvalue weighted by molar-refractivity contribution is -0.122. The molecule has 4 nitrogen and oxygen atoms in total. The molecule has 2 aliphatic rings. The van der Waals surface area contributed by atoms with Gasteiger partial charge in [0.1, 0.15) is 0 Å². The van der Waals surface area contributed by atoms with Crippen molar-refractivity contribution in [2.45, 2.75) is 38.1 Å². The molecule has 2 fully saturated rings. The zero-order chi connectivity index (χ0) is 11.5. The monoisotopic (exact) mass is 228 g/mol. The molecular formula is C12H24N2O2. The normalized spacial score (nSPS) is 35.6. The summed E-state index contributed by atoms with van der Waals surface area (Å²) in [6.45, 7) is 5.94. The summed E-state index contributed by atoms with van der Waals surface area (Å²) in [5.74, 6) is 0.825. The Bertz CT molecular complexity index is 221. The highest BCUT2D eigenvalue weighted by Gasteiger charge is 2.35. The van der Waals surface area contributed by atoms with E-state index < -0.39 is 0 Å². The summed E-state index contributed by atoms with van der Waals surface area (Å²) in [6.07, 6.45) is 2.46. The van der Waals surface area contributed by atoms with E-state index in [4.69, 9.17) is 9.47 Å². The second kappa shape index (κ2) is 5.45. The number of nitrogens with zero attached hydrogens (tertiary/aromatic N) is 1. The van der Waals surface area contributed by atoms with Crippen molar-refractivity contribution in [3.8, 4) is 0 Å². The van der Waals surface area contributed by atoms with E-state index in [1.54, 1.807) is 14.2 Å². The van der Waals surface area contributed by atoms with Gasteiger partial charge in [-0.3, -0.25) is 0 Å². The summed E-state index contributed by atoms with van der Waals surface area (Å²) >= 11 is 0. The number of piperidine rings is 1. The van der Waals surface area contributed by atoms with Crippen molar-refractivity contribution < 1.29 is 9.47 Å². The van der Waals surface area contributed by atoms with E-state index in [1.807, 2.05) is 0 Å². The molecule has 94 valence electrons. The van der Waals surface area contributed by atoms with Crippen molar-refractivity contribution in [1.82, 2.24) is 10.2 Å². The van der Waals surface area contributed by atoms with Crippen molar-refractivity contribution in [3.63, 3.8) is 0 Å². The third-order valence-electron chi connectivity index (χ3n) is 3.98. The van der Waals surface area contributed by atoms with Gasteiger partial charge < -0.3 is 19.7 Å². The van der Waals surface area contributed by atoms with Crippen molar-refractivity contribution in [2.24, 2.45) is 5.92 Å². The van der Waals surface area contributed by atoms with Gasteiger partial charge in [0, 0.05) is 26.8 Å². The van der Waals surface area contributed by atoms with Gasteiger partial charge in [-0.25, -0.2) is 0 Å². The van der Waals surface area contributed by atoms with Crippen LogP contribution in [0.4, 0.5) is 0 Å². The molecule has 16 heavy (non-hydrogen) atoms. The van der Waals surface area contributed by atoms with E-state index in [0.29, 0.717) is 6.04 Å². The Morgan fingerprint density at radius 1 is 1.19 bits per heavy atom. The first kappa shape index (κ1) is 12.3. The number of hydrogen-bond donors (Lipinski definition) is 1. The number of ether oxygens (including phenoxy) is 2. The molecule has 0 amide bonds. The zero-order valence-electron chi connectivity index (χ0n) is 10.6. The molecule has 0 aliphatic carbocycles. The quantitative estimate of drug-likeness (QED) is 0.702. The SMILES string of the molecule is COC(OC)C(C)NC1CCN2CCC1C2. The number of fused-ring (bicyclic) bond motifs is 2. The largest absolute Gasteiger partial charge is 0.354 e. The lowest BCUT2D eigenvalue weighted by Gasteiger charge is -2.34. The lowest BCUT2D eigenvalue weighted by Crippen LogP contribution is -2.51. The highest BCUT2D eigenvalue weighted by molar-refractivity contribution is 4.92. The summed E-state index contributed by atoms with van der Waals surface area (Å²) in [5.41, 5.74) is 0. The molecule has 1 N–H and O–H groups in total. The molecule has 0 aromatic carbocycles. The molecule has 2 saturated heterocycles. The molecule has 4 heteroatoms. The minimum atomic E-state index is -0.139. The van der Waals surface area contributed by atoms with Crippen molar-refractivity contribution in [3.05, 3.63) is 0 Å². The summed E-state index contributed by atoms with van der Waals surface area (Å²) in [5, 5.41) is 3.67. The van der Waals surface area contributed by atoms with Gasteiger partial charge in [-0.2, -0.15) is 0 Å². The molecule has 0 aromatic rings. The minimum Gasteiger partial charge on any atom is -0.354 e. The molecule has 0 radical (unpaired) electrons. The van der Waals surface area contributed by atoms with Gasteiger partial charge in [-0.15, -0.1) is 0 Å². The summed E-state index contributed by atoms with van der Waals surface area (Å²) < 4.78 is 10.6. The Morgan fingerprint density at radius 3 is 2.56 bits per heavy atom. The first-order valence-corrected chi connectivity index (χ1v) is 6.28. The van der Waals surface area contributed by atoms with Crippen LogP contribution in [0.3, 0.4) is 0 Å². The van der Waals surface area contributed by atoms with Crippen LogP contribution < -0.4 is 5.32 Å². The highest BCUT2D eigenvalue weighted by atomic mass is 16.7. The van der Waals surface area contributed by atoms with Gasteiger partial charge in [0.15, 0.2) is 6.29 Å². The molecule has 0 saturated carbocycles. The van der Waals surface area contributed by atoms with Crippen LogP contribution in [0.5, 0.6) is 0 Å². The number of nitrogens with one attached hydrogen (secondary N) is 1. The minimum absolute atomic E-state index is 0.139. The third-order valence-corrected chi connectivity index (χ3v) is 3.98. The second-order valence-electron chi connectivity index (χ2n) is 5.04. The molecule has 2 rings (SSSR count). The van der Waals surface area contributed by atoms with Gasteiger partial charge >= 0.3 is 0 Å². The number of hydrogen-bond acceptors (Lipinski definition) is 4. The first-order chi connectivity index (χ1) is 7.74. The molecule has 0 aromatic heterocycles. The van der Waals surface area contributed by atoms with E-state index in [0.717, 1.165) is 5.92 Å². The fourth-order valence-corrected chi connectivity index (χ4v) is 3.09. The lowest BCUT2D eigenvalue weighted by atomic mass is 9.93. The van der Waals surface area contributed by atoms with E-state index in [2.05, 4.69) is 17.1 Å². The number of methoxy groups -OCH3 is 2. The van der Waals surface area contributed by atoms with Gasteiger partial charge in [-0.1, -0.05) is 0 Å². The van der Waals surface area contributed by atoms with Crippen LogP contribution in [0.2, 0.25) is 0 Å². The van der Waals surface area contributed by atoms with E-state index >= 15 is 0 Å². The summed E-state index contributed by atoms with van der Waals surface area (Å²) in [6, 6.07) is 0.897. The Kier molecular flexibility index (Phi) is 4.19. The standard InChI is InChI=1S/C12H24N2O2/c1-9(12(15-2)16-3)13-11-5-7-14-6-4-10(11)8-14/h9-13H,4-8H2,1-3H3. The average molecular weight is 228 g/mol. The zero-order valence-corrected chi connectivity index (χ0v) is 10.6. The highest BCUT2D eigenvalue weighted by Crippen LogP contribution is 2.27. The maximum atomic E-state index is 5.29. The molecule has 2 aliphatic heterocycles. The molecular weight excluding hydrogens is 204 g/mol. The van der Waals surface area contributed by atoms with Gasteiger partial charge in [0.05, 0.1) is 6.04 Å². The molecule has 4 unspecified atom stereocenters. The third kappa shape index (κ3) is 2.56. The Morgan fingerprint density at radius 2 is 1.88 bits per heavy atom. The van der Waals surface area contributed by atoms with Crippen LogP contribution in [-0.2, 0) is 9.47 Å². The van der Waals surface area contributed by atoms with Crippen molar-refractivity contribution in [2.75, 3.05) is 33.9 Å². The Labute approximate surface area is 98.3 Å². The average Bonchev–Trinajstić information content (AvgIpc) is 2.67. The van der Waals surface area contributed by atoms with Gasteiger partial charge in [-0.05, 0) is 38.8 Å². The second-order valence-corrected chi connectivity index (χ2v) is 5.04. The van der Waals surface area contributed by atoms with Crippen LogP contribution in [0.25, 0.3) is 0 Å². The van der Waals surface area contributed by atoms with Crippen molar-refractivity contribution >= 4 is 0 Å². The van der Waals surface area contributed by atoms with Crippen LogP contribution in [0.1, 0.15) is 19.8 Å². The molecule has 4 atom stereocenters. The molecule has 0 spiro atoms. The first-order valence-electron chi connectivity index (χ1n) is 6.28. The van der Waals surface area contributed by atoms with Gasteiger partial charge in [0.25, 0.3) is 0 Å². The maximum absolute atomic E-state index is 5.29. The van der Waals surface area contributed by atoms with E-state index in [1.165, 1.54) is 32.5 Å². The van der Waals surface area contributed by atoms with E-state index in [-0.39, 0.29) is 12.3 Å². The molecule has 2 heterocycles. The topological polar surface area (TPSA) is 33.7 Å². The maximum Gasteiger partial charge on any atom is 0.171 e. The summed E-state index contributed by atoms with van der Waals surface area (Å²) in [4.78, 5) is 2.57. The predicted molar refractivity (Wildman–Crippen MR) is 63.4 cm³/mol. The van der Waals surface area contributed by atoms with Crippen LogP contribution >= 0.6 is 0 Å².